The molecule has 0 aromatic heterocycles. The third kappa shape index (κ3) is 11.0. The normalized spacial score (nSPS) is 12.7. The van der Waals surface area contributed by atoms with Crippen LogP contribution in [0, 0.1) is 0 Å². The van der Waals surface area contributed by atoms with Crippen LogP contribution in [0.4, 0.5) is 4.79 Å². The van der Waals surface area contributed by atoms with Crippen LogP contribution in [0.2, 0.25) is 0 Å². The molecule has 9 nitrogen and oxygen atoms in total. The maximum absolute atomic E-state index is 13.7. The Kier molecular flexibility index (Phi) is 13.2. The molecular formula is C25H39N3O6S. The van der Waals surface area contributed by atoms with Gasteiger partial charge >= 0.3 is 12.1 Å². The van der Waals surface area contributed by atoms with E-state index in [0.717, 1.165) is 0 Å². The van der Waals surface area contributed by atoms with Crippen LogP contribution < -0.4 is 10.6 Å². The number of nitrogens with one attached hydrogen (secondary N) is 2. The predicted molar refractivity (Wildman–Crippen MR) is 137 cm³/mol. The molecule has 3 amide bonds. The summed E-state index contributed by atoms with van der Waals surface area (Å²) in [5, 5.41) is 5.43. The van der Waals surface area contributed by atoms with Gasteiger partial charge in [-0.2, -0.15) is 11.8 Å². The van der Waals surface area contributed by atoms with Crippen molar-refractivity contribution in [2.75, 3.05) is 31.7 Å². The molecule has 0 spiro atoms. The van der Waals surface area contributed by atoms with Crippen molar-refractivity contribution in [1.82, 2.24) is 15.5 Å². The zero-order valence-electron chi connectivity index (χ0n) is 21.6. The Morgan fingerprint density at radius 3 is 2.29 bits per heavy atom. The number of esters is 1. The summed E-state index contributed by atoms with van der Waals surface area (Å²) in [7, 11) is 0. The predicted octanol–water partition coefficient (Wildman–Crippen LogP) is 3.29. The van der Waals surface area contributed by atoms with Crippen molar-refractivity contribution in [2.45, 2.75) is 65.1 Å². The first-order chi connectivity index (χ1) is 16.5. The summed E-state index contributed by atoms with van der Waals surface area (Å²) in [5.74, 6) is -0.588. The summed E-state index contributed by atoms with van der Waals surface area (Å²) >= 11 is 1.55. The van der Waals surface area contributed by atoms with Gasteiger partial charge in [-0.1, -0.05) is 30.3 Å². The molecule has 0 radical (unpaired) electrons. The summed E-state index contributed by atoms with van der Waals surface area (Å²) in [6, 6.07) is 7.13. The number of benzene rings is 1. The molecular weight excluding hydrogens is 470 g/mol. The topological polar surface area (TPSA) is 114 Å². The number of alkyl carbamates (subject to hydrolysis) is 1. The number of thioether (sulfide) groups is 1. The van der Waals surface area contributed by atoms with E-state index in [0.29, 0.717) is 17.7 Å². The molecule has 2 N–H and O–H groups in total. The summed E-state index contributed by atoms with van der Waals surface area (Å²) in [4.78, 5) is 52.5. The monoisotopic (exact) mass is 509 g/mol. The Morgan fingerprint density at radius 1 is 1.09 bits per heavy atom. The van der Waals surface area contributed by atoms with E-state index >= 15 is 0 Å². The standard InChI is InChI=1S/C25H39N3O6S/c1-7-28(23(31)19(15-17-35-6)27-24(32)34-25(3,4)5)21(18-12-10-9-11-13-18)22(30)26-16-14-20(29)33-8-2/h9-13,19,21H,7-8,14-17H2,1-6H3,(H,26,30)(H,27,32). The van der Waals surface area contributed by atoms with Crippen molar-refractivity contribution >= 4 is 35.6 Å². The van der Waals surface area contributed by atoms with Crippen molar-refractivity contribution in [2.24, 2.45) is 0 Å². The van der Waals surface area contributed by atoms with Crippen LogP contribution in [0.3, 0.4) is 0 Å². The first-order valence-electron chi connectivity index (χ1n) is 11.8. The molecule has 35 heavy (non-hydrogen) atoms. The van der Waals surface area contributed by atoms with Crippen LogP contribution in [-0.4, -0.2) is 72.1 Å². The van der Waals surface area contributed by atoms with Gasteiger partial charge in [-0.05, 0) is 58.6 Å². The van der Waals surface area contributed by atoms with Crippen molar-refractivity contribution in [3.8, 4) is 0 Å². The minimum Gasteiger partial charge on any atom is -0.466 e. The smallest absolute Gasteiger partial charge is 0.408 e. The molecule has 0 aliphatic rings. The molecule has 2 unspecified atom stereocenters. The second-order valence-electron chi connectivity index (χ2n) is 8.76. The SMILES string of the molecule is CCOC(=O)CCNC(=O)C(c1ccccc1)N(CC)C(=O)C(CCSC)NC(=O)OC(C)(C)C. The second-order valence-corrected chi connectivity index (χ2v) is 9.75. The molecule has 10 heteroatoms. The van der Waals surface area contributed by atoms with Crippen molar-refractivity contribution < 1.29 is 28.7 Å². The number of likely N-dealkylation sites (N-methyl/N-ethyl adjacent to an activating group) is 1. The molecule has 1 rings (SSSR count). The largest absolute Gasteiger partial charge is 0.466 e. The van der Waals surface area contributed by atoms with Crippen LogP contribution in [0.1, 0.15) is 59.1 Å². The average Bonchev–Trinajstić information content (AvgIpc) is 2.79. The molecule has 1 aromatic carbocycles. The Balaban J connectivity index is 3.16. The van der Waals surface area contributed by atoms with Gasteiger partial charge in [0, 0.05) is 13.1 Å². The fourth-order valence-electron chi connectivity index (χ4n) is 3.33. The third-order valence-electron chi connectivity index (χ3n) is 4.83. The lowest BCUT2D eigenvalue weighted by molar-refractivity contribution is -0.144. The highest BCUT2D eigenvalue weighted by Gasteiger charge is 2.35. The van der Waals surface area contributed by atoms with E-state index in [1.807, 2.05) is 12.3 Å². The first kappa shape index (κ1) is 30.3. The Hall–Kier alpha value is -2.75. The molecule has 196 valence electrons. The van der Waals surface area contributed by atoms with Crippen LogP contribution in [-0.2, 0) is 23.9 Å². The number of rotatable bonds is 13. The van der Waals surface area contributed by atoms with Gasteiger partial charge in [-0.15, -0.1) is 0 Å². The van der Waals surface area contributed by atoms with Gasteiger partial charge in [0.2, 0.25) is 11.8 Å². The maximum Gasteiger partial charge on any atom is 0.408 e. The minimum absolute atomic E-state index is 0.0255. The van der Waals surface area contributed by atoms with Crippen molar-refractivity contribution in [3.05, 3.63) is 35.9 Å². The van der Waals surface area contributed by atoms with Gasteiger partial charge in [0.05, 0.1) is 13.0 Å². The lowest BCUT2D eigenvalue weighted by atomic mass is 10.0. The minimum atomic E-state index is -0.937. The van der Waals surface area contributed by atoms with Crippen LogP contribution in [0.5, 0.6) is 0 Å². The summed E-state index contributed by atoms with van der Waals surface area (Å²) < 4.78 is 10.3. The van der Waals surface area contributed by atoms with Crippen molar-refractivity contribution in [3.63, 3.8) is 0 Å². The number of nitrogens with zero attached hydrogens (tertiary/aromatic N) is 1. The number of ether oxygens (including phenoxy) is 2. The molecule has 1 aromatic rings. The fourth-order valence-corrected chi connectivity index (χ4v) is 3.81. The molecule has 0 heterocycles. The third-order valence-corrected chi connectivity index (χ3v) is 5.48. The lowest BCUT2D eigenvalue weighted by Crippen LogP contribution is -2.53. The second kappa shape index (κ2) is 15.3. The molecule has 0 aliphatic carbocycles. The van der Waals surface area contributed by atoms with Gasteiger partial charge in [0.1, 0.15) is 17.7 Å². The summed E-state index contributed by atoms with van der Waals surface area (Å²) in [5.41, 5.74) is -0.0928. The van der Waals surface area contributed by atoms with Crippen LogP contribution in [0.15, 0.2) is 30.3 Å². The van der Waals surface area contributed by atoms with E-state index in [-0.39, 0.29) is 32.0 Å². The van der Waals surface area contributed by atoms with Gasteiger partial charge in [0.25, 0.3) is 0 Å². The number of carbonyl (C=O) groups is 4. The highest BCUT2D eigenvalue weighted by molar-refractivity contribution is 7.98. The molecule has 0 bridgehead atoms. The molecule has 0 saturated carbocycles. The lowest BCUT2D eigenvalue weighted by Gasteiger charge is -2.33. The molecule has 0 fully saturated rings. The Labute approximate surface area is 212 Å². The summed E-state index contributed by atoms with van der Waals surface area (Å²) in [6.07, 6.45) is 1.62. The van der Waals surface area contributed by atoms with Gasteiger partial charge < -0.3 is 25.0 Å². The fraction of sp³-hybridized carbons (Fsp3) is 0.600. The summed E-state index contributed by atoms with van der Waals surface area (Å²) in [6.45, 7) is 9.30. The molecule has 2 atom stereocenters. The van der Waals surface area contributed by atoms with Crippen LogP contribution in [0.25, 0.3) is 0 Å². The van der Waals surface area contributed by atoms with Crippen LogP contribution >= 0.6 is 11.8 Å². The Bertz CT molecular complexity index is 828. The zero-order valence-corrected chi connectivity index (χ0v) is 22.4. The highest BCUT2D eigenvalue weighted by atomic mass is 32.2. The quantitative estimate of drug-likeness (QED) is 0.392. The average molecular weight is 510 g/mol. The van der Waals surface area contributed by atoms with E-state index in [2.05, 4.69) is 10.6 Å². The van der Waals surface area contributed by atoms with E-state index in [1.54, 1.807) is 70.6 Å². The van der Waals surface area contributed by atoms with E-state index in [1.165, 1.54) is 4.90 Å². The first-order valence-corrected chi connectivity index (χ1v) is 13.2. The zero-order chi connectivity index (χ0) is 26.4. The van der Waals surface area contributed by atoms with E-state index in [4.69, 9.17) is 9.47 Å². The highest BCUT2D eigenvalue weighted by Crippen LogP contribution is 2.23. The van der Waals surface area contributed by atoms with Gasteiger partial charge in [-0.25, -0.2) is 4.79 Å². The van der Waals surface area contributed by atoms with E-state index in [9.17, 15) is 19.2 Å². The molecule has 0 saturated heterocycles. The van der Waals surface area contributed by atoms with Crippen molar-refractivity contribution in [1.29, 1.82) is 0 Å². The van der Waals surface area contributed by atoms with E-state index < -0.39 is 35.7 Å². The number of hydrogen-bond donors (Lipinski definition) is 2. The number of hydrogen-bond acceptors (Lipinski definition) is 7. The Morgan fingerprint density at radius 2 is 1.74 bits per heavy atom. The van der Waals surface area contributed by atoms with Gasteiger partial charge in [-0.3, -0.25) is 14.4 Å². The number of amides is 3. The maximum atomic E-state index is 13.7. The number of carbonyl (C=O) groups excluding carboxylic acids is 4. The molecule has 0 aliphatic heterocycles. The van der Waals surface area contributed by atoms with Gasteiger partial charge in [0.15, 0.2) is 0 Å².